The smallest absolute Gasteiger partial charge is 0.465 e. The van der Waals surface area contributed by atoms with E-state index in [0.29, 0.717) is 6.42 Å². The van der Waals surface area contributed by atoms with E-state index in [1.165, 1.54) is 122 Å². The van der Waals surface area contributed by atoms with Crippen molar-refractivity contribution < 1.29 is 47.6 Å². The molecule has 0 amide bonds. The first-order valence-corrected chi connectivity index (χ1v) is 25.0. The minimum Gasteiger partial charge on any atom is -0.465 e. The van der Waals surface area contributed by atoms with E-state index in [-0.39, 0.29) is 39.1 Å². The first-order valence-electron chi connectivity index (χ1n) is 25.0. The Kier molecular flexibility index (Phi) is 42.6. The van der Waals surface area contributed by atoms with E-state index in [0.717, 1.165) is 77.4 Å². The molecule has 0 saturated carbocycles. The Morgan fingerprint density at radius 1 is 0.400 bits per heavy atom. The molecule has 1 unspecified atom stereocenters. The van der Waals surface area contributed by atoms with Crippen molar-refractivity contribution in [2.75, 3.05) is 52.7 Å². The average Bonchev–Trinajstić information content (AvgIpc) is 3.24. The summed E-state index contributed by atoms with van der Waals surface area (Å²) in [7, 11) is 0. The molecule has 0 rings (SSSR count). The zero-order valence-electron chi connectivity index (χ0n) is 39.6. The van der Waals surface area contributed by atoms with E-state index in [1.54, 1.807) is 0 Å². The van der Waals surface area contributed by atoms with E-state index in [4.69, 9.17) is 28.4 Å². The molecule has 0 aromatic rings. The Morgan fingerprint density at radius 2 is 0.767 bits per heavy atom. The number of unbranched alkanes of at least 4 members (excludes halogenated alkanes) is 23. The van der Waals surface area contributed by atoms with Gasteiger partial charge in [-0.25, -0.2) is 9.59 Å². The van der Waals surface area contributed by atoms with Crippen LogP contribution in [0.3, 0.4) is 0 Å². The van der Waals surface area contributed by atoms with Crippen molar-refractivity contribution in [2.24, 2.45) is 5.92 Å². The van der Waals surface area contributed by atoms with Gasteiger partial charge in [-0.1, -0.05) is 182 Å². The van der Waals surface area contributed by atoms with Gasteiger partial charge in [-0.05, 0) is 51.6 Å². The van der Waals surface area contributed by atoms with E-state index in [2.05, 4.69) is 39.5 Å². The highest BCUT2D eigenvalue weighted by Gasteiger charge is 2.22. The average molecular weight is 856 g/mol. The third-order valence-electron chi connectivity index (χ3n) is 11.2. The summed E-state index contributed by atoms with van der Waals surface area (Å²) in [5.74, 6) is -2.04. The molecule has 0 radical (unpaired) electrons. The largest absolute Gasteiger partial charge is 0.508 e. The van der Waals surface area contributed by atoms with Crippen molar-refractivity contribution >= 4 is 24.2 Å². The van der Waals surface area contributed by atoms with Gasteiger partial charge in [-0.15, -0.1) is 0 Å². The van der Waals surface area contributed by atoms with E-state index in [1.807, 2.05) is 0 Å². The summed E-state index contributed by atoms with van der Waals surface area (Å²) in [6, 6.07) is 0. The summed E-state index contributed by atoms with van der Waals surface area (Å²) in [6.07, 6.45) is 31.1. The lowest BCUT2D eigenvalue weighted by Crippen LogP contribution is -2.28. The number of carbonyl (C=O) groups is 4. The second-order valence-electron chi connectivity index (χ2n) is 16.7. The minimum atomic E-state index is -0.850. The molecule has 0 aliphatic carbocycles. The number of hydrogen-bond donors (Lipinski definition) is 0. The molecule has 0 spiro atoms. The van der Waals surface area contributed by atoms with Gasteiger partial charge in [0.1, 0.15) is 32.3 Å². The molecule has 0 heterocycles. The van der Waals surface area contributed by atoms with Crippen LogP contribution in [0.5, 0.6) is 0 Å². The van der Waals surface area contributed by atoms with E-state index < -0.39 is 36.6 Å². The van der Waals surface area contributed by atoms with Gasteiger partial charge < -0.3 is 33.3 Å². The zero-order valence-corrected chi connectivity index (χ0v) is 39.6. The molecule has 60 heavy (non-hydrogen) atoms. The highest BCUT2D eigenvalue weighted by atomic mass is 16.7. The van der Waals surface area contributed by atoms with Gasteiger partial charge in [0.2, 0.25) is 0 Å². The molecule has 0 bridgehead atoms. The van der Waals surface area contributed by atoms with Crippen LogP contribution in [0.15, 0.2) is 0 Å². The summed E-state index contributed by atoms with van der Waals surface area (Å²) in [4.78, 5) is 52.7. The van der Waals surface area contributed by atoms with Crippen molar-refractivity contribution in [1.82, 2.24) is 4.90 Å². The highest BCUT2D eigenvalue weighted by Crippen LogP contribution is 2.18. The van der Waals surface area contributed by atoms with Crippen molar-refractivity contribution in [1.29, 1.82) is 0 Å². The van der Waals surface area contributed by atoms with Crippen LogP contribution >= 0.6 is 0 Å². The second-order valence-corrected chi connectivity index (χ2v) is 16.7. The number of ether oxygens (including phenoxy) is 6. The zero-order chi connectivity index (χ0) is 44.2. The third kappa shape index (κ3) is 39.6. The lowest BCUT2D eigenvalue weighted by atomic mass is 10.0. The Labute approximate surface area is 367 Å². The molecular weight excluding hydrogens is 763 g/mol. The molecular formula is C49H93NO10. The maximum Gasteiger partial charge on any atom is 0.508 e. The molecule has 1 atom stereocenters. The first-order chi connectivity index (χ1) is 29.3. The molecule has 11 heteroatoms. The number of carbonyl (C=O) groups excluding carboxylic acids is 4. The third-order valence-corrected chi connectivity index (χ3v) is 11.2. The predicted octanol–water partition coefficient (Wildman–Crippen LogP) is 13.5. The topological polar surface area (TPSA) is 127 Å². The summed E-state index contributed by atoms with van der Waals surface area (Å²) in [6.45, 7) is 13.3. The second kappa shape index (κ2) is 44.5. The lowest BCUT2D eigenvalue weighted by molar-refractivity contribution is -0.159. The lowest BCUT2D eigenvalue weighted by Gasteiger charge is -2.19. The number of hydrogen-bond acceptors (Lipinski definition) is 11. The van der Waals surface area contributed by atoms with Gasteiger partial charge in [0.15, 0.2) is 0 Å². The Bertz CT molecular complexity index is 975. The maximum atomic E-state index is 12.9. The van der Waals surface area contributed by atoms with Crippen LogP contribution < -0.4 is 0 Å². The van der Waals surface area contributed by atoms with Crippen molar-refractivity contribution in [3.63, 3.8) is 0 Å². The highest BCUT2D eigenvalue weighted by molar-refractivity contribution is 5.91. The maximum absolute atomic E-state index is 12.9. The fraction of sp³-hybridized carbons (Fsp3) is 0.918. The quantitative estimate of drug-likeness (QED) is 0.0251. The molecule has 0 aromatic carbocycles. The fourth-order valence-corrected chi connectivity index (χ4v) is 7.21. The molecule has 11 nitrogen and oxygen atoms in total. The molecule has 354 valence electrons. The first kappa shape index (κ1) is 57.4. The Balaban J connectivity index is 4.81. The number of rotatable bonds is 44. The van der Waals surface area contributed by atoms with Gasteiger partial charge in [0, 0.05) is 6.54 Å². The normalized spacial score (nSPS) is 11.8. The van der Waals surface area contributed by atoms with E-state index >= 15 is 0 Å². The summed E-state index contributed by atoms with van der Waals surface area (Å²) in [5.41, 5.74) is 0. The molecule has 0 aliphatic rings. The summed E-state index contributed by atoms with van der Waals surface area (Å²) >= 11 is 0. The Hall–Kier alpha value is -2.56. The predicted molar refractivity (Wildman–Crippen MR) is 242 cm³/mol. The van der Waals surface area contributed by atoms with Crippen LogP contribution in [0, 0.1) is 5.92 Å². The van der Waals surface area contributed by atoms with Crippen LogP contribution in [0.1, 0.15) is 227 Å². The monoisotopic (exact) mass is 856 g/mol. The van der Waals surface area contributed by atoms with Crippen molar-refractivity contribution in [3.05, 3.63) is 0 Å². The SMILES string of the molecule is CCCCCCCCCCCCCCCCOC(=O)OCC(COC(=O)CC(=O)OC(CCCCCCCC)CCCCCCCC)COC(=O)OCCCN(CC)CC. The van der Waals surface area contributed by atoms with E-state index in [9.17, 15) is 19.2 Å². The molecule has 0 saturated heterocycles. The van der Waals surface area contributed by atoms with Gasteiger partial charge in [-0.2, -0.15) is 0 Å². The standard InChI is InChI=1S/C49H93NO10/c1-6-11-14-17-20-21-22-23-24-25-26-27-30-33-38-55-48(53)58-42-44(43-59-49(54)56-39-34-37-50(9-4)10-5)41-57-46(51)40-47(52)60-45(35-31-28-18-15-12-7-2)36-32-29-19-16-13-8-3/h44-45H,6-43H2,1-5H3. The molecule has 0 fully saturated rings. The summed E-state index contributed by atoms with van der Waals surface area (Å²) in [5, 5.41) is 0. The Morgan fingerprint density at radius 3 is 1.18 bits per heavy atom. The van der Waals surface area contributed by atoms with Gasteiger partial charge in [-0.3, -0.25) is 9.59 Å². The molecule has 0 N–H and O–H groups in total. The van der Waals surface area contributed by atoms with Gasteiger partial charge in [0.05, 0.1) is 19.1 Å². The van der Waals surface area contributed by atoms with Crippen LogP contribution in [0.25, 0.3) is 0 Å². The van der Waals surface area contributed by atoms with Crippen LogP contribution in [0.4, 0.5) is 9.59 Å². The van der Waals surface area contributed by atoms with Crippen LogP contribution in [-0.4, -0.2) is 87.9 Å². The van der Waals surface area contributed by atoms with Gasteiger partial charge >= 0.3 is 24.2 Å². The summed E-state index contributed by atoms with van der Waals surface area (Å²) < 4.78 is 32.4. The fourth-order valence-electron chi connectivity index (χ4n) is 7.21. The van der Waals surface area contributed by atoms with Crippen LogP contribution in [-0.2, 0) is 38.0 Å². The number of esters is 2. The van der Waals surface area contributed by atoms with Gasteiger partial charge in [0.25, 0.3) is 0 Å². The number of nitrogens with zero attached hydrogens (tertiary/aromatic N) is 1. The molecule has 0 aliphatic heterocycles. The molecule has 0 aromatic heterocycles. The van der Waals surface area contributed by atoms with Crippen molar-refractivity contribution in [2.45, 2.75) is 233 Å². The van der Waals surface area contributed by atoms with Crippen molar-refractivity contribution in [3.8, 4) is 0 Å². The minimum absolute atomic E-state index is 0.205. The van der Waals surface area contributed by atoms with Crippen LogP contribution in [0.2, 0.25) is 0 Å².